The molecule has 7 nitrogen and oxygen atoms in total. The lowest BCUT2D eigenvalue weighted by molar-refractivity contribution is 0.102. The number of alkyl halides is 1. The van der Waals surface area contributed by atoms with Crippen LogP contribution in [0.4, 0.5) is 18.9 Å². The van der Waals surface area contributed by atoms with Crippen LogP contribution in [0.25, 0.3) is 5.65 Å². The van der Waals surface area contributed by atoms with E-state index in [0.29, 0.717) is 17.0 Å². The van der Waals surface area contributed by atoms with Crippen LogP contribution in [0.2, 0.25) is 0 Å². The number of halogens is 3. The van der Waals surface area contributed by atoms with E-state index in [0.717, 1.165) is 12.1 Å². The van der Waals surface area contributed by atoms with E-state index in [9.17, 15) is 18.0 Å². The molecule has 1 N–H and O–H groups in total. The fourth-order valence-electron chi connectivity index (χ4n) is 3.19. The predicted molar refractivity (Wildman–Crippen MR) is 107 cm³/mol. The number of carbonyl (C=O) groups excluding carboxylic acids is 1. The lowest BCUT2D eigenvalue weighted by Gasteiger charge is -2.09. The molecule has 0 saturated heterocycles. The largest absolute Gasteiger partial charge is 0.485 e. The molecule has 31 heavy (non-hydrogen) atoms. The summed E-state index contributed by atoms with van der Waals surface area (Å²) in [6.07, 6.45) is 4.57. The molecule has 1 aromatic carbocycles. The molecule has 1 amide bonds. The van der Waals surface area contributed by atoms with Crippen LogP contribution in [0.3, 0.4) is 0 Å². The molecule has 0 aliphatic heterocycles. The molecular weight excluding hydrogens is 411 g/mol. The summed E-state index contributed by atoms with van der Waals surface area (Å²) >= 11 is 0. The number of ether oxygens (including phenoxy) is 1. The number of aryl methyl sites for hydroxylation is 2. The zero-order valence-corrected chi connectivity index (χ0v) is 16.5. The lowest BCUT2D eigenvalue weighted by atomic mass is 10.2. The molecule has 0 unspecified atom stereocenters. The minimum Gasteiger partial charge on any atom is -0.485 e. The number of pyridine rings is 1. The SMILES string of the molecule is Cc1nc2c(OCc3c(F)cccc3F)cccn2c1C(=O)Nc1cnn(CCF)c1. The first-order chi connectivity index (χ1) is 15.0. The van der Waals surface area contributed by atoms with Gasteiger partial charge in [-0.15, -0.1) is 0 Å². The van der Waals surface area contributed by atoms with Crippen molar-refractivity contribution in [3.8, 4) is 5.75 Å². The summed E-state index contributed by atoms with van der Waals surface area (Å²) in [5.41, 5.74) is 1.24. The van der Waals surface area contributed by atoms with E-state index in [2.05, 4.69) is 15.4 Å². The fraction of sp³-hybridized carbons (Fsp3) is 0.190. The molecule has 0 radical (unpaired) electrons. The second-order valence-corrected chi connectivity index (χ2v) is 6.74. The number of fused-ring (bicyclic) bond motifs is 1. The summed E-state index contributed by atoms with van der Waals surface area (Å²) in [5.74, 6) is -1.59. The zero-order chi connectivity index (χ0) is 22.0. The minimum atomic E-state index is -0.708. The van der Waals surface area contributed by atoms with Crippen molar-refractivity contribution in [2.24, 2.45) is 0 Å². The van der Waals surface area contributed by atoms with Crippen molar-refractivity contribution in [2.45, 2.75) is 20.1 Å². The maximum atomic E-state index is 13.9. The Morgan fingerprint density at radius 1 is 1.19 bits per heavy atom. The number of hydrogen-bond donors (Lipinski definition) is 1. The molecule has 4 rings (SSSR count). The molecule has 0 spiro atoms. The fourth-order valence-corrected chi connectivity index (χ4v) is 3.19. The zero-order valence-electron chi connectivity index (χ0n) is 16.5. The van der Waals surface area contributed by atoms with Gasteiger partial charge >= 0.3 is 0 Å². The highest BCUT2D eigenvalue weighted by atomic mass is 19.1. The predicted octanol–water partition coefficient (Wildman–Crippen LogP) is 3.92. The molecule has 160 valence electrons. The summed E-state index contributed by atoms with van der Waals surface area (Å²) < 4.78 is 48.7. The molecular formula is C21H18F3N5O2. The van der Waals surface area contributed by atoms with Gasteiger partial charge in [0, 0.05) is 12.4 Å². The Kier molecular flexibility index (Phi) is 5.61. The van der Waals surface area contributed by atoms with E-state index in [1.54, 1.807) is 25.3 Å². The van der Waals surface area contributed by atoms with E-state index in [-0.39, 0.29) is 30.2 Å². The quantitative estimate of drug-likeness (QED) is 0.483. The van der Waals surface area contributed by atoms with E-state index in [4.69, 9.17) is 4.74 Å². The lowest BCUT2D eigenvalue weighted by Crippen LogP contribution is -2.15. The van der Waals surface area contributed by atoms with E-state index >= 15 is 0 Å². The Bertz CT molecular complexity index is 1230. The van der Waals surface area contributed by atoms with Crippen molar-refractivity contribution >= 4 is 17.2 Å². The van der Waals surface area contributed by atoms with Gasteiger partial charge in [0.05, 0.1) is 29.7 Å². The van der Waals surface area contributed by atoms with Crippen molar-refractivity contribution in [1.82, 2.24) is 19.2 Å². The van der Waals surface area contributed by atoms with Gasteiger partial charge in [0.2, 0.25) is 0 Å². The summed E-state index contributed by atoms with van der Waals surface area (Å²) in [7, 11) is 0. The molecule has 10 heteroatoms. The molecule has 3 heterocycles. The molecule has 0 aliphatic carbocycles. The number of aromatic nitrogens is 4. The Hall–Kier alpha value is -3.82. The second kappa shape index (κ2) is 8.50. The highest BCUT2D eigenvalue weighted by Crippen LogP contribution is 2.24. The first-order valence-corrected chi connectivity index (χ1v) is 9.41. The van der Waals surface area contributed by atoms with Gasteiger partial charge in [-0.25, -0.2) is 18.2 Å². The summed E-state index contributed by atoms with van der Waals surface area (Å²) in [5, 5.41) is 6.67. The monoisotopic (exact) mass is 429 g/mol. The van der Waals surface area contributed by atoms with Crippen LogP contribution in [0.5, 0.6) is 5.75 Å². The highest BCUT2D eigenvalue weighted by molar-refractivity contribution is 6.04. The topological polar surface area (TPSA) is 73.5 Å². The van der Waals surface area contributed by atoms with Crippen LogP contribution >= 0.6 is 0 Å². The van der Waals surface area contributed by atoms with Gasteiger partial charge in [-0.2, -0.15) is 5.10 Å². The normalized spacial score (nSPS) is 11.1. The van der Waals surface area contributed by atoms with Gasteiger partial charge in [-0.05, 0) is 31.2 Å². The van der Waals surface area contributed by atoms with Gasteiger partial charge < -0.3 is 10.1 Å². The number of nitrogens with zero attached hydrogens (tertiary/aromatic N) is 4. The third-order valence-corrected chi connectivity index (χ3v) is 4.64. The Morgan fingerprint density at radius 2 is 1.97 bits per heavy atom. The minimum absolute atomic E-state index is 0.0911. The van der Waals surface area contributed by atoms with E-state index in [1.807, 2.05) is 0 Å². The molecule has 4 aromatic rings. The number of carbonyl (C=O) groups is 1. The van der Waals surface area contributed by atoms with Crippen LogP contribution < -0.4 is 10.1 Å². The van der Waals surface area contributed by atoms with Crippen LogP contribution in [-0.4, -0.2) is 31.7 Å². The molecule has 0 atom stereocenters. The van der Waals surface area contributed by atoms with Crippen LogP contribution in [0.15, 0.2) is 48.9 Å². The number of imidazole rings is 1. The van der Waals surface area contributed by atoms with Crippen LogP contribution in [0, 0.1) is 18.6 Å². The van der Waals surface area contributed by atoms with Crippen molar-refractivity contribution in [3.63, 3.8) is 0 Å². The molecule has 0 bridgehead atoms. The molecule has 0 fully saturated rings. The Balaban J connectivity index is 1.59. The number of nitrogens with one attached hydrogen (secondary N) is 1. The number of anilines is 1. The second-order valence-electron chi connectivity index (χ2n) is 6.74. The third kappa shape index (κ3) is 4.09. The summed E-state index contributed by atoms with van der Waals surface area (Å²) in [6, 6.07) is 6.82. The highest BCUT2D eigenvalue weighted by Gasteiger charge is 2.20. The van der Waals surface area contributed by atoms with Crippen molar-refractivity contribution in [1.29, 1.82) is 0 Å². The number of hydrogen-bond acceptors (Lipinski definition) is 4. The number of rotatable bonds is 7. The first-order valence-electron chi connectivity index (χ1n) is 9.41. The van der Waals surface area contributed by atoms with Gasteiger partial charge in [-0.3, -0.25) is 13.9 Å². The first kappa shape index (κ1) is 20.5. The number of amides is 1. The average Bonchev–Trinajstić information content (AvgIpc) is 3.31. The van der Waals surface area contributed by atoms with E-state index < -0.39 is 24.2 Å². The Labute approximate surface area is 175 Å². The van der Waals surface area contributed by atoms with Crippen molar-refractivity contribution in [2.75, 3.05) is 12.0 Å². The van der Waals surface area contributed by atoms with Gasteiger partial charge in [-0.1, -0.05) is 6.07 Å². The van der Waals surface area contributed by atoms with Gasteiger partial charge in [0.1, 0.15) is 30.6 Å². The smallest absolute Gasteiger partial charge is 0.274 e. The average molecular weight is 429 g/mol. The molecule has 0 aliphatic rings. The molecule has 0 saturated carbocycles. The van der Waals surface area contributed by atoms with Gasteiger partial charge in [0.25, 0.3) is 5.91 Å². The Morgan fingerprint density at radius 3 is 2.71 bits per heavy atom. The summed E-state index contributed by atoms with van der Waals surface area (Å²) in [4.78, 5) is 17.2. The van der Waals surface area contributed by atoms with Crippen molar-refractivity contribution in [3.05, 3.63) is 77.5 Å². The maximum Gasteiger partial charge on any atom is 0.274 e. The maximum absolute atomic E-state index is 13.9. The molecule has 3 aromatic heterocycles. The van der Waals surface area contributed by atoms with Crippen LogP contribution in [-0.2, 0) is 13.2 Å². The van der Waals surface area contributed by atoms with Crippen LogP contribution in [0.1, 0.15) is 21.7 Å². The third-order valence-electron chi connectivity index (χ3n) is 4.64. The summed E-state index contributed by atoms with van der Waals surface area (Å²) in [6.45, 7) is 0.850. The standard InChI is InChI=1S/C21H18F3N5O2/c1-13-19(21(30)27-14-10-25-28(11-14)9-7-22)29-8-3-6-18(20(29)26-13)31-12-15-16(23)4-2-5-17(15)24/h2-6,8,10-11H,7,9,12H2,1H3,(H,27,30). The number of benzene rings is 1. The van der Waals surface area contributed by atoms with Gasteiger partial charge in [0.15, 0.2) is 11.4 Å². The van der Waals surface area contributed by atoms with E-state index in [1.165, 1.54) is 27.5 Å². The van der Waals surface area contributed by atoms with Crippen molar-refractivity contribution < 1.29 is 22.7 Å².